The van der Waals surface area contributed by atoms with E-state index in [4.69, 9.17) is 0 Å². The van der Waals surface area contributed by atoms with E-state index in [0.717, 1.165) is 21.4 Å². The summed E-state index contributed by atoms with van der Waals surface area (Å²) in [5, 5.41) is 5.76. The summed E-state index contributed by atoms with van der Waals surface area (Å²) in [4.78, 5) is 12.2. The van der Waals surface area contributed by atoms with Crippen LogP contribution in [0.25, 0.3) is 0 Å². The van der Waals surface area contributed by atoms with E-state index in [1.807, 2.05) is 48.5 Å². The number of hydrogen-bond donors (Lipinski definition) is 2. The van der Waals surface area contributed by atoms with Gasteiger partial charge in [0.1, 0.15) is 0 Å². The van der Waals surface area contributed by atoms with E-state index in [2.05, 4.69) is 47.3 Å². The first-order chi connectivity index (χ1) is 9.88. The van der Waals surface area contributed by atoms with Gasteiger partial charge in [0, 0.05) is 10.2 Å². The van der Waals surface area contributed by atoms with Crippen LogP contribution >= 0.6 is 15.9 Å². The molecule has 0 spiro atoms. The summed E-state index contributed by atoms with van der Waals surface area (Å²) in [6.45, 7) is 6.37. The molecule has 0 unspecified atom stereocenters. The summed E-state index contributed by atoms with van der Waals surface area (Å²) in [5.74, 6) is 0. The Bertz CT molecular complexity index is 647. The van der Waals surface area contributed by atoms with Crippen LogP contribution < -0.4 is 10.6 Å². The lowest BCUT2D eigenvalue weighted by Crippen LogP contribution is -2.23. The number of carbonyl (C=O) groups is 1. The van der Waals surface area contributed by atoms with Gasteiger partial charge < -0.3 is 10.6 Å². The smallest absolute Gasteiger partial charge is 0.307 e. The number of nitrogens with one attached hydrogen (secondary N) is 2. The number of amides is 2. The molecular formula is C17H19BrN2O. The van der Waals surface area contributed by atoms with Gasteiger partial charge in [-0.1, -0.05) is 51.1 Å². The Kier molecular flexibility index (Phi) is 4.68. The van der Waals surface area contributed by atoms with E-state index in [1.165, 1.54) is 0 Å². The van der Waals surface area contributed by atoms with Gasteiger partial charge in [-0.3, -0.25) is 0 Å². The minimum Gasteiger partial charge on any atom is -0.307 e. The van der Waals surface area contributed by atoms with Crippen molar-refractivity contribution in [2.45, 2.75) is 26.2 Å². The highest BCUT2D eigenvalue weighted by Crippen LogP contribution is 2.29. The number of urea groups is 1. The zero-order valence-electron chi connectivity index (χ0n) is 12.4. The largest absolute Gasteiger partial charge is 0.323 e. The van der Waals surface area contributed by atoms with Crippen molar-refractivity contribution >= 4 is 33.3 Å². The molecule has 2 amide bonds. The average Bonchev–Trinajstić information content (AvgIpc) is 2.41. The normalized spacial score (nSPS) is 11.0. The van der Waals surface area contributed by atoms with Crippen LogP contribution in [0.1, 0.15) is 26.3 Å². The van der Waals surface area contributed by atoms with E-state index in [-0.39, 0.29) is 11.4 Å². The first-order valence-corrected chi connectivity index (χ1v) is 7.59. The van der Waals surface area contributed by atoms with Crippen LogP contribution in [-0.2, 0) is 5.41 Å². The molecule has 0 saturated heterocycles. The van der Waals surface area contributed by atoms with Crippen molar-refractivity contribution in [3.8, 4) is 0 Å². The van der Waals surface area contributed by atoms with Gasteiger partial charge in [-0.2, -0.15) is 0 Å². The Morgan fingerprint density at radius 2 is 1.43 bits per heavy atom. The molecule has 0 atom stereocenters. The standard InChI is InChI=1S/C17H19BrN2O/c1-17(2,3)12-8-4-6-10-14(12)19-16(21)20-15-11-7-5-9-13(15)18/h4-11H,1-3H3,(H2,19,20,21). The van der Waals surface area contributed by atoms with Gasteiger partial charge in [0.15, 0.2) is 0 Å². The van der Waals surface area contributed by atoms with Crippen LogP contribution in [0.5, 0.6) is 0 Å². The molecule has 4 heteroatoms. The lowest BCUT2D eigenvalue weighted by molar-refractivity contribution is 0.262. The summed E-state index contributed by atoms with van der Waals surface area (Å²) < 4.78 is 0.851. The Hall–Kier alpha value is -1.81. The molecule has 0 aromatic heterocycles. The molecule has 2 rings (SSSR count). The van der Waals surface area contributed by atoms with Crippen LogP contribution in [-0.4, -0.2) is 6.03 Å². The Labute approximate surface area is 133 Å². The minimum absolute atomic E-state index is 0.0306. The molecule has 0 bridgehead atoms. The minimum atomic E-state index is -0.251. The van der Waals surface area contributed by atoms with Gasteiger partial charge in [0.2, 0.25) is 0 Å². The topological polar surface area (TPSA) is 41.1 Å². The molecule has 0 aliphatic rings. The van der Waals surface area contributed by atoms with E-state index in [0.29, 0.717) is 0 Å². The summed E-state index contributed by atoms with van der Waals surface area (Å²) in [6, 6.07) is 15.1. The molecule has 0 aliphatic heterocycles. The lowest BCUT2D eigenvalue weighted by atomic mass is 9.86. The molecule has 2 aromatic rings. The van der Waals surface area contributed by atoms with Gasteiger partial charge in [0.25, 0.3) is 0 Å². The van der Waals surface area contributed by atoms with Crippen molar-refractivity contribution in [3.63, 3.8) is 0 Å². The van der Waals surface area contributed by atoms with Crippen molar-refractivity contribution in [2.24, 2.45) is 0 Å². The van der Waals surface area contributed by atoms with Gasteiger partial charge in [-0.15, -0.1) is 0 Å². The Morgan fingerprint density at radius 1 is 0.905 bits per heavy atom. The number of hydrogen-bond acceptors (Lipinski definition) is 1. The van der Waals surface area contributed by atoms with Gasteiger partial charge >= 0.3 is 6.03 Å². The molecule has 2 aromatic carbocycles. The summed E-state index contributed by atoms with van der Waals surface area (Å²) in [6.07, 6.45) is 0. The molecule has 0 heterocycles. The molecule has 110 valence electrons. The molecule has 3 nitrogen and oxygen atoms in total. The van der Waals surface area contributed by atoms with Crippen molar-refractivity contribution in [1.29, 1.82) is 0 Å². The van der Waals surface area contributed by atoms with Gasteiger partial charge in [-0.25, -0.2) is 4.79 Å². The van der Waals surface area contributed by atoms with E-state index in [1.54, 1.807) is 0 Å². The summed E-state index contributed by atoms with van der Waals surface area (Å²) >= 11 is 3.41. The molecule has 2 N–H and O–H groups in total. The number of rotatable bonds is 2. The summed E-state index contributed by atoms with van der Waals surface area (Å²) in [7, 11) is 0. The number of carbonyl (C=O) groups excluding carboxylic acids is 1. The number of benzene rings is 2. The maximum atomic E-state index is 12.2. The fraction of sp³-hybridized carbons (Fsp3) is 0.235. The van der Waals surface area contributed by atoms with Crippen LogP contribution in [0.3, 0.4) is 0 Å². The molecule has 0 fully saturated rings. The predicted molar refractivity (Wildman–Crippen MR) is 91.9 cm³/mol. The molecule has 0 aliphatic carbocycles. The third kappa shape index (κ3) is 4.08. The van der Waals surface area contributed by atoms with Crippen molar-refractivity contribution in [3.05, 3.63) is 58.6 Å². The molecular weight excluding hydrogens is 328 g/mol. The monoisotopic (exact) mass is 346 g/mol. The molecule has 0 saturated carbocycles. The zero-order chi connectivity index (χ0) is 15.5. The van der Waals surface area contributed by atoms with Crippen LogP contribution in [0.15, 0.2) is 53.0 Å². The first kappa shape index (κ1) is 15.6. The van der Waals surface area contributed by atoms with Crippen LogP contribution in [0, 0.1) is 0 Å². The van der Waals surface area contributed by atoms with E-state index in [9.17, 15) is 4.79 Å². The molecule has 0 radical (unpaired) electrons. The Morgan fingerprint density at radius 3 is 2.05 bits per heavy atom. The maximum Gasteiger partial charge on any atom is 0.323 e. The number of para-hydroxylation sites is 2. The van der Waals surface area contributed by atoms with E-state index >= 15 is 0 Å². The van der Waals surface area contributed by atoms with Crippen LogP contribution in [0.4, 0.5) is 16.2 Å². The fourth-order valence-corrected chi connectivity index (χ4v) is 2.47. The zero-order valence-corrected chi connectivity index (χ0v) is 14.0. The van der Waals surface area contributed by atoms with Crippen molar-refractivity contribution in [1.82, 2.24) is 0 Å². The lowest BCUT2D eigenvalue weighted by Gasteiger charge is -2.23. The average molecular weight is 347 g/mol. The quantitative estimate of drug-likeness (QED) is 0.751. The predicted octanol–water partition coefficient (Wildman–Crippen LogP) is 5.39. The third-order valence-corrected chi connectivity index (χ3v) is 3.80. The SMILES string of the molecule is CC(C)(C)c1ccccc1NC(=O)Nc1ccccc1Br. The highest BCUT2D eigenvalue weighted by Gasteiger charge is 2.18. The second-order valence-electron chi connectivity index (χ2n) is 5.85. The fourth-order valence-electron chi connectivity index (χ4n) is 2.08. The first-order valence-electron chi connectivity index (χ1n) is 6.80. The van der Waals surface area contributed by atoms with Gasteiger partial charge in [0.05, 0.1) is 5.69 Å². The second-order valence-corrected chi connectivity index (χ2v) is 6.71. The highest BCUT2D eigenvalue weighted by molar-refractivity contribution is 9.10. The third-order valence-electron chi connectivity index (χ3n) is 3.11. The summed E-state index contributed by atoms with van der Waals surface area (Å²) in [5.41, 5.74) is 2.64. The Balaban J connectivity index is 2.16. The number of anilines is 2. The molecule has 21 heavy (non-hydrogen) atoms. The number of halogens is 1. The van der Waals surface area contributed by atoms with Gasteiger partial charge in [-0.05, 0) is 45.1 Å². The van der Waals surface area contributed by atoms with Crippen molar-refractivity contribution in [2.75, 3.05) is 10.6 Å². The second kappa shape index (κ2) is 6.31. The van der Waals surface area contributed by atoms with Crippen LogP contribution in [0.2, 0.25) is 0 Å². The van der Waals surface area contributed by atoms with E-state index < -0.39 is 0 Å². The highest BCUT2D eigenvalue weighted by atomic mass is 79.9. The van der Waals surface area contributed by atoms with Crippen molar-refractivity contribution < 1.29 is 4.79 Å². The maximum absolute atomic E-state index is 12.2.